The van der Waals surface area contributed by atoms with Gasteiger partial charge in [-0.2, -0.15) is 11.8 Å². The lowest BCUT2D eigenvalue weighted by atomic mass is 10.2. The van der Waals surface area contributed by atoms with Gasteiger partial charge in [-0.15, -0.1) is 11.3 Å². The van der Waals surface area contributed by atoms with Crippen LogP contribution < -0.4 is 5.32 Å². The lowest BCUT2D eigenvalue weighted by Gasteiger charge is -2.13. The molecule has 2 rings (SSSR count). The summed E-state index contributed by atoms with van der Waals surface area (Å²) in [4.78, 5) is 22.0. The number of hydrogen-bond acceptors (Lipinski definition) is 7. The molecule has 21 heavy (non-hydrogen) atoms. The van der Waals surface area contributed by atoms with Crippen molar-refractivity contribution in [2.24, 2.45) is 0 Å². The summed E-state index contributed by atoms with van der Waals surface area (Å²) in [7, 11) is 0. The number of anilines is 1. The number of aromatic nitrogens is 2. The average Bonchev–Trinajstić information content (AvgIpc) is 2.78. The van der Waals surface area contributed by atoms with Crippen LogP contribution in [-0.2, 0) is 4.74 Å². The fraction of sp³-hybridized carbons (Fsp3) is 0.500. The van der Waals surface area contributed by atoms with Crippen molar-refractivity contribution < 1.29 is 9.53 Å². The Morgan fingerprint density at radius 1 is 1.52 bits per heavy atom. The molecule has 1 unspecified atom stereocenters. The van der Waals surface area contributed by atoms with Gasteiger partial charge in [0.2, 0.25) is 0 Å². The number of thioether (sulfide) groups is 1. The quantitative estimate of drug-likeness (QED) is 0.822. The van der Waals surface area contributed by atoms with Crippen LogP contribution >= 0.6 is 23.1 Å². The molecular weight excluding hydrogens is 306 g/mol. The molecule has 5 nitrogen and oxygen atoms in total. The molecule has 0 saturated heterocycles. The van der Waals surface area contributed by atoms with E-state index in [0.29, 0.717) is 17.5 Å². The second kappa shape index (κ2) is 7.09. The van der Waals surface area contributed by atoms with Crippen LogP contribution in [0.15, 0.2) is 6.33 Å². The van der Waals surface area contributed by atoms with Gasteiger partial charge in [0.05, 0.1) is 12.0 Å². The van der Waals surface area contributed by atoms with E-state index in [0.717, 1.165) is 27.4 Å². The van der Waals surface area contributed by atoms with Gasteiger partial charge < -0.3 is 10.1 Å². The maximum Gasteiger partial charge on any atom is 0.348 e. The highest BCUT2D eigenvalue weighted by Crippen LogP contribution is 2.33. The molecular formula is C14H19N3O2S2. The van der Waals surface area contributed by atoms with E-state index in [1.807, 2.05) is 6.92 Å². The Balaban J connectivity index is 2.42. The summed E-state index contributed by atoms with van der Waals surface area (Å²) in [5, 5.41) is 4.31. The predicted octanol–water partition coefficient (Wildman–Crippen LogP) is 3.34. The summed E-state index contributed by atoms with van der Waals surface area (Å²) in [6.45, 7) is 6.20. The van der Waals surface area contributed by atoms with Gasteiger partial charge in [0.25, 0.3) is 0 Å². The van der Waals surface area contributed by atoms with Crippen molar-refractivity contribution in [2.45, 2.75) is 26.8 Å². The molecule has 0 aliphatic rings. The number of esters is 1. The first-order valence-corrected chi connectivity index (χ1v) is 8.96. The van der Waals surface area contributed by atoms with Gasteiger partial charge in [-0.25, -0.2) is 14.8 Å². The summed E-state index contributed by atoms with van der Waals surface area (Å²) in [5.74, 6) is 1.48. The molecule has 2 aromatic rings. The molecule has 2 heterocycles. The third-order valence-electron chi connectivity index (χ3n) is 2.99. The molecule has 0 aromatic carbocycles. The minimum Gasteiger partial charge on any atom is -0.462 e. The van der Waals surface area contributed by atoms with Crippen molar-refractivity contribution in [1.82, 2.24) is 9.97 Å². The molecule has 7 heteroatoms. The second-order valence-electron chi connectivity index (χ2n) is 4.68. The number of rotatable bonds is 6. The van der Waals surface area contributed by atoms with Crippen LogP contribution in [-0.4, -0.2) is 40.6 Å². The lowest BCUT2D eigenvalue weighted by Crippen LogP contribution is -2.18. The second-order valence-corrected chi connectivity index (χ2v) is 6.59. The van der Waals surface area contributed by atoms with E-state index in [2.05, 4.69) is 28.5 Å². The van der Waals surface area contributed by atoms with Crippen molar-refractivity contribution in [3.05, 3.63) is 16.8 Å². The van der Waals surface area contributed by atoms with Gasteiger partial charge in [0.1, 0.15) is 21.9 Å². The van der Waals surface area contributed by atoms with Crippen LogP contribution in [0.5, 0.6) is 0 Å². The van der Waals surface area contributed by atoms with Crippen LogP contribution in [0.1, 0.15) is 29.1 Å². The van der Waals surface area contributed by atoms with E-state index < -0.39 is 0 Å². The van der Waals surface area contributed by atoms with Crippen LogP contribution in [0.2, 0.25) is 0 Å². The maximum atomic E-state index is 12.0. The number of thiophene rings is 1. The molecule has 0 fully saturated rings. The number of ether oxygens (including phenoxy) is 1. The van der Waals surface area contributed by atoms with Crippen LogP contribution in [0.4, 0.5) is 5.82 Å². The molecule has 0 aliphatic carbocycles. The van der Waals surface area contributed by atoms with E-state index in [9.17, 15) is 4.79 Å². The first-order chi connectivity index (χ1) is 10.1. The van der Waals surface area contributed by atoms with E-state index in [4.69, 9.17) is 4.74 Å². The van der Waals surface area contributed by atoms with Crippen LogP contribution in [0.3, 0.4) is 0 Å². The highest BCUT2D eigenvalue weighted by atomic mass is 32.2. The first kappa shape index (κ1) is 16.0. The highest BCUT2D eigenvalue weighted by Gasteiger charge is 2.20. The summed E-state index contributed by atoms with van der Waals surface area (Å²) < 4.78 is 5.10. The van der Waals surface area contributed by atoms with Crippen LogP contribution in [0, 0.1) is 6.92 Å². The van der Waals surface area contributed by atoms with Crippen molar-refractivity contribution in [1.29, 1.82) is 0 Å². The Kier molecular flexibility index (Phi) is 5.41. The van der Waals surface area contributed by atoms with E-state index in [-0.39, 0.29) is 5.97 Å². The van der Waals surface area contributed by atoms with Crippen LogP contribution in [0.25, 0.3) is 10.2 Å². The molecule has 0 spiro atoms. The molecule has 0 aliphatic heterocycles. The Bertz CT molecular complexity index is 642. The summed E-state index contributed by atoms with van der Waals surface area (Å²) in [5.41, 5.74) is 0.882. The minimum atomic E-state index is -0.291. The zero-order chi connectivity index (χ0) is 15.4. The SMILES string of the molecule is CCOC(=O)c1sc2ncnc(NC(C)CSC)c2c1C. The highest BCUT2D eigenvalue weighted by molar-refractivity contribution is 7.98. The zero-order valence-corrected chi connectivity index (χ0v) is 14.2. The molecule has 114 valence electrons. The van der Waals surface area contributed by atoms with Gasteiger partial charge in [-0.05, 0) is 32.6 Å². The van der Waals surface area contributed by atoms with E-state index >= 15 is 0 Å². The molecule has 0 saturated carbocycles. The number of nitrogens with one attached hydrogen (secondary N) is 1. The molecule has 0 radical (unpaired) electrons. The first-order valence-electron chi connectivity index (χ1n) is 6.75. The molecule has 1 N–H and O–H groups in total. The Labute approximate surface area is 132 Å². The largest absolute Gasteiger partial charge is 0.462 e. The predicted molar refractivity (Wildman–Crippen MR) is 89.6 cm³/mol. The van der Waals surface area contributed by atoms with E-state index in [1.54, 1.807) is 18.7 Å². The maximum absolute atomic E-state index is 12.0. The van der Waals surface area contributed by atoms with Gasteiger partial charge >= 0.3 is 5.97 Å². The molecule has 2 aromatic heterocycles. The molecule has 1 atom stereocenters. The van der Waals surface area contributed by atoms with E-state index in [1.165, 1.54) is 17.7 Å². The number of fused-ring (bicyclic) bond motifs is 1. The number of carbonyl (C=O) groups excluding carboxylic acids is 1. The van der Waals surface area contributed by atoms with Crippen molar-refractivity contribution in [3.8, 4) is 0 Å². The lowest BCUT2D eigenvalue weighted by molar-refractivity contribution is 0.0531. The third-order valence-corrected chi connectivity index (χ3v) is 5.00. The van der Waals surface area contributed by atoms with Gasteiger partial charge in [-0.1, -0.05) is 0 Å². The number of aryl methyl sites for hydroxylation is 1. The monoisotopic (exact) mass is 325 g/mol. The average molecular weight is 325 g/mol. The zero-order valence-electron chi connectivity index (χ0n) is 12.6. The number of hydrogen-bond donors (Lipinski definition) is 1. The Morgan fingerprint density at radius 2 is 2.29 bits per heavy atom. The topological polar surface area (TPSA) is 64.1 Å². The Hall–Kier alpha value is -1.34. The summed E-state index contributed by atoms with van der Waals surface area (Å²) in [6.07, 6.45) is 3.60. The number of nitrogens with zero attached hydrogens (tertiary/aromatic N) is 2. The van der Waals surface area contributed by atoms with Gasteiger partial charge in [0.15, 0.2) is 0 Å². The van der Waals surface area contributed by atoms with Gasteiger partial charge in [-0.3, -0.25) is 0 Å². The smallest absolute Gasteiger partial charge is 0.348 e. The summed E-state index contributed by atoms with van der Waals surface area (Å²) in [6, 6.07) is 0.295. The number of carbonyl (C=O) groups is 1. The molecule has 0 bridgehead atoms. The summed E-state index contributed by atoms with van der Waals surface area (Å²) >= 11 is 3.13. The normalized spacial score (nSPS) is 12.4. The fourth-order valence-corrected chi connectivity index (χ4v) is 3.72. The van der Waals surface area contributed by atoms with Crippen molar-refractivity contribution >= 4 is 45.1 Å². The van der Waals surface area contributed by atoms with Crippen molar-refractivity contribution in [2.75, 3.05) is 23.9 Å². The minimum absolute atomic E-state index is 0.291. The van der Waals surface area contributed by atoms with Crippen molar-refractivity contribution in [3.63, 3.8) is 0 Å². The fourth-order valence-electron chi connectivity index (χ4n) is 2.10. The van der Waals surface area contributed by atoms with Gasteiger partial charge in [0, 0.05) is 11.8 Å². The third kappa shape index (κ3) is 3.47. The standard InChI is InChI=1S/C14H19N3O2S2/c1-5-19-14(18)11-9(3)10-12(17-8(2)6-20-4)15-7-16-13(10)21-11/h7-8H,5-6H2,1-4H3,(H,15,16,17). The Morgan fingerprint density at radius 3 is 2.95 bits per heavy atom. The molecule has 0 amide bonds.